The highest BCUT2D eigenvalue weighted by molar-refractivity contribution is 4.76. The minimum absolute atomic E-state index is 0.0119. The zero-order valence-electron chi connectivity index (χ0n) is 17.7. The molecule has 0 bridgehead atoms. The van der Waals surface area contributed by atoms with Gasteiger partial charge < -0.3 is 28.8 Å². The van der Waals surface area contributed by atoms with Crippen LogP contribution >= 0.6 is 0 Å². The van der Waals surface area contributed by atoms with Crippen LogP contribution in [-0.2, 0) is 23.7 Å². The molecular weight excluding hydrogens is 336 g/mol. The minimum atomic E-state index is -0.216. The van der Waals surface area contributed by atoms with Gasteiger partial charge in [0.25, 0.3) is 0 Å². The summed E-state index contributed by atoms with van der Waals surface area (Å²) in [6.45, 7) is 2.20. The Morgan fingerprint density at radius 1 is 0.577 bits per heavy atom. The summed E-state index contributed by atoms with van der Waals surface area (Å²) in [6, 6.07) is 0. The zero-order valence-corrected chi connectivity index (χ0v) is 17.7. The van der Waals surface area contributed by atoms with Gasteiger partial charge in [-0.1, -0.05) is 26.2 Å². The molecule has 0 aromatic heterocycles. The smallest absolute Gasteiger partial charge is 0.0826 e. The highest BCUT2D eigenvalue weighted by Crippen LogP contribution is 2.21. The van der Waals surface area contributed by atoms with Crippen molar-refractivity contribution in [2.45, 2.75) is 88.8 Å². The van der Waals surface area contributed by atoms with Crippen molar-refractivity contribution in [2.24, 2.45) is 0 Å². The third kappa shape index (κ3) is 11.5. The predicted octanol–water partition coefficient (Wildman–Crippen LogP) is 3.19. The average Bonchev–Trinajstić information content (AvgIpc) is 2.68. The van der Waals surface area contributed by atoms with E-state index in [2.05, 4.69) is 6.92 Å². The van der Waals surface area contributed by atoms with Gasteiger partial charge in [-0.05, 0) is 25.7 Å². The number of ether oxygens (including phenoxy) is 5. The van der Waals surface area contributed by atoms with Crippen molar-refractivity contribution in [1.29, 1.82) is 0 Å². The molecule has 6 heteroatoms. The lowest BCUT2D eigenvalue weighted by Gasteiger charge is -2.28. The van der Waals surface area contributed by atoms with E-state index >= 15 is 0 Å². The van der Waals surface area contributed by atoms with Crippen molar-refractivity contribution in [3.05, 3.63) is 0 Å². The molecule has 0 radical (unpaired) electrons. The van der Waals surface area contributed by atoms with Crippen LogP contribution in [0.1, 0.15) is 58.3 Å². The van der Waals surface area contributed by atoms with Crippen molar-refractivity contribution in [3.8, 4) is 0 Å². The van der Waals surface area contributed by atoms with Crippen LogP contribution in [0.15, 0.2) is 0 Å². The normalized spacial score (nSPS) is 17.7. The Bertz CT molecular complexity index is 298. The van der Waals surface area contributed by atoms with Crippen LogP contribution in [-0.4, -0.2) is 77.8 Å². The van der Waals surface area contributed by atoms with E-state index in [-0.39, 0.29) is 37.1 Å². The third-order valence-electron chi connectivity index (χ3n) is 5.10. The van der Waals surface area contributed by atoms with E-state index in [0.29, 0.717) is 6.42 Å². The molecule has 0 amide bonds. The second-order valence-corrected chi connectivity index (χ2v) is 6.91. The molecule has 26 heavy (non-hydrogen) atoms. The molecule has 0 saturated carbocycles. The summed E-state index contributed by atoms with van der Waals surface area (Å²) in [7, 11) is 8.53. The maximum absolute atomic E-state index is 9.31. The maximum atomic E-state index is 9.31. The molecule has 0 saturated heterocycles. The molecule has 0 aliphatic rings. The zero-order chi connectivity index (χ0) is 19.8. The fourth-order valence-electron chi connectivity index (χ4n) is 3.24. The summed E-state index contributed by atoms with van der Waals surface area (Å²) < 4.78 is 27.8. The van der Waals surface area contributed by atoms with E-state index in [1.165, 1.54) is 19.3 Å². The van der Waals surface area contributed by atoms with E-state index in [0.717, 1.165) is 25.7 Å². The summed E-state index contributed by atoms with van der Waals surface area (Å²) in [5, 5.41) is 9.31. The minimum Gasteiger partial charge on any atom is -0.394 e. The lowest BCUT2D eigenvalue weighted by atomic mass is 9.97. The number of aliphatic hydroxyl groups excluding tert-OH is 1. The predicted molar refractivity (Wildman–Crippen MR) is 104 cm³/mol. The molecule has 158 valence electrons. The van der Waals surface area contributed by atoms with Gasteiger partial charge in [0.2, 0.25) is 0 Å². The molecule has 0 spiro atoms. The number of hydrogen-bond donors (Lipinski definition) is 1. The summed E-state index contributed by atoms with van der Waals surface area (Å²) in [4.78, 5) is 0. The molecule has 0 aromatic rings. The molecule has 0 fully saturated rings. The monoisotopic (exact) mass is 378 g/mol. The van der Waals surface area contributed by atoms with Gasteiger partial charge in [0.15, 0.2) is 0 Å². The van der Waals surface area contributed by atoms with Crippen LogP contribution in [0.3, 0.4) is 0 Å². The van der Waals surface area contributed by atoms with Crippen molar-refractivity contribution in [1.82, 2.24) is 0 Å². The van der Waals surface area contributed by atoms with Gasteiger partial charge >= 0.3 is 0 Å². The van der Waals surface area contributed by atoms with Crippen molar-refractivity contribution < 1.29 is 28.8 Å². The quantitative estimate of drug-likeness (QED) is 0.370. The first kappa shape index (κ1) is 25.8. The molecule has 0 aromatic carbocycles. The first-order valence-corrected chi connectivity index (χ1v) is 9.83. The fraction of sp³-hybridized carbons (Fsp3) is 1.00. The average molecular weight is 379 g/mol. The van der Waals surface area contributed by atoms with Crippen LogP contribution in [0, 0.1) is 0 Å². The molecule has 0 rings (SSSR count). The van der Waals surface area contributed by atoms with Gasteiger partial charge in [-0.2, -0.15) is 0 Å². The Balaban J connectivity index is 4.56. The van der Waals surface area contributed by atoms with Gasteiger partial charge in [-0.3, -0.25) is 0 Å². The number of hydrogen-bond acceptors (Lipinski definition) is 6. The Hall–Kier alpha value is -0.240. The molecule has 5 atom stereocenters. The molecule has 0 unspecified atom stereocenters. The third-order valence-corrected chi connectivity index (χ3v) is 5.10. The Morgan fingerprint density at radius 3 is 1.31 bits per heavy atom. The number of methoxy groups -OCH3 is 5. The summed E-state index contributed by atoms with van der Waals surface area (Å²) in [5.41, 5.74) is 0. The van der Waals surface area contributed by atoms with Crippen LogP contribution < -0.4 is 0 Å². The van der Waals surface area contributed by atoms with E-state index in [1.807, 2.05) is 0 Å². The molecule has 0 heterocycles. The van der Waals surface area contributed by atoms with Crippen LogP contribution in [0.2, 0.25) is 0 Å². The number of rotatable bonds is 18. The highest BCUT2D eigenvalue weighted by atomic mass is 16.5. The Kier molecular flexibility index (Phi) is 16.7. The molecule has 0 aliphatic carbocycles. The lowest BCUT2D eigenvalue weighted by molar-refractivity contribution is -0.0482. The largest absolute Gasteiger partial charge is 0.394 e. The van der Waals surface area contributed by atoms with Crippen molar-refractivity contribution >= 4 is 0 Å². The number of unbranched alkanes of at least 4 members (excludes halogenated alkanes) is 2. The molecule has 1 N–H and O–H groups in total. The Labute approximate surface area is 160 Å². The topological polar surface area (TPSA) is 66.4 Å². The highest BCUT2D eigenvalue weighted by Gasteiger charge is 2.24. The van der Waals surface area contributed by atoms with Gasteiger partial charge in [-0.15, -0.1) is 0 Å². The van der Waals surface area contributed by atoms with Crippen molar-refractivity contribution in [2.75, 3.05) is 42.2 Å². The lowest BCUT2D eigenvalue weighted by Crippen LogP contribution is -2.32. The molecule has 0 aliphatic heterocycles. The van der Waals surface area contributed by atoms with E-state index in [4.69, 9.17) is 23.7 Å². The van der Waals surface area contributed by atoms with Gasteiger partial charge in [0.1, 0.15) is 0 Å². The van der Waals surface area contributed by atoms with Gasteiger partial charge in [-0.25, -0.2) is 0 Å². The standard InChI is InChI=1S/C20H42O6/c1-7-8-9-10-16(22-2)11-17(23-3)12-18(24-4)13-19(25-5)14-20(15-21)26-6/h16-21H,7-15H2,1-6H3/t16-,17-,18-,19-,20-/m1/s1. The van der Waals surface area contributed by atoms with Crippen LogP contribution in [0.5, 0.6) is 0 Å². The van der Waals surface area contributed by atoms with Gasteiger partial charge in [0, 0.05) is 42.0 Å². The first-order valence-electron chi connectivity index (χ1n) is 9.83. The van der Waals surface area contributed by atoms with E-state index in [1.54, 1.807) is 35.5 Å². The summed E-state index contributed by atoms with van der Waals surface area (Å²) >= 11 is 0. The van der Waals surface area contributed by atoms with Gasteiger partial charge in [0.05, 0.1) is 37.1 Å². The summed E-state index contributed by atoms with van der Waals surface area (Å²) in [5.74, 6) is 0. The second kappa shape index (κ2) is 16.9. The number of aliphatic hydroxyl groups is 1. The Morgan fingerprint density at radius 2 is 0.962 bits per heavy atom. The second-order valence-electron chi connectivity index (χ2n) is 6.91. The first-order chi connectivity index (χ1) is 12.6. The molecule has 6 nitrogen and oxygen atoms in total. The van der Waals surface area contributed by atoms with E-state index < -0.39 is 0 Å². The fourth-order valence-corrected chi connectivity index (χ4v) is 3.24. The SMILES string of the molecule is CCCCC[C@H](C[C@H](C[C@H](C[C@H](C[C@H](CO)OC)OC)OC)OC)OC. The maximum Gasteiger partial charge on any atom is 0.0826 e. The summed E-state index contributed by atoms with van der Waals surface area (Å²) in [6.07, 6.45) is 7.80. The van der Waals surface area contributed by atoms with E-state index in [9.17, 15) is 5.11 Å². The van der Waals surface area contributed by atoms with Crippen LogP contribution in [0.4, 0.5) is 0 Å². The van der Waals surface area contributed by atoms with Crippen molar-refractivity contribution in [3.63, 3.8) is 0 Å². The molecular formula is C20H42O6. The van der Waals surface area contributed by atoms with Crippen LogP contribution in [0.25, 0.3) is 0 Å².